The molecule has 0 spiro atoms. The van der Waals surface area contributed by atoms with Gasteiger partial charge in [0.05, 0.1) is 0 Å². The lowest BCUT2D eigenvalue weighted by molar-refractivity contribution is 0.409. The van der Waals surface area contributed by atoms with Crippen molar-refractivity contribution in [3.8, 4) is 0 Å². The Morgan fingerprint density at radius 1 is 1.47 bits per heavy atom. The summed E-state index contributed by atoms with van der Waals surface area (Å²) in [5.74, 6) is 0.475. The first kappa shape index (κ1) is 12.6. The third kappa shape index (κ3) is 2.52. The molecule has 1 saturated carbocycles. The predicted octanol–water partition coefficient (Wildman–Crippen LogP) is 3.83. The minimum atomic E-state index is -0.0794. The maximum Gasteiger partial charge on any atom is 0.128 e. The zero-order valence-electron chi connectivity index (χ0n) is 11.2. The van der Waals surface area contributed by atoms with E-state index in [1.54, 1.807) is 6.07 Å². The molecule has 0 aliphatic heterocycles. The number of hydrogen-bond acceptors (Lipinski definition) is 1. The summed E-state index contributed by atoms with van der Waals surface area (Å²) < 4.78 is 13.9. The second-order valence-corrected chi connectivity index (χ2v) is 5.86. The zero-order valence-corrected chi connectivity index (χ0v) is 11.2. The Kier molecular flexibility index (Phi) is 3.26. The quantitative estimate of drug-likeness (QED) is 0.836. The Bertz CT molecular complexity index is 411. The first-order valence-corrected chi connectivity index (χ1v) is 6.45. The van der Waals surface area contributed by atoms with E-state index in [-0.39, 0.29) is 11.9 Å². The van der Waals surface area contributed by atoms with E-state index >= 15 is 0 Å². The van der Waals surface area contributed by atoms with Gasteiger partial charge in [-0.3, -0.25) is 0 Å². The van der Waals surface area contributed by atoms with Crippen molar-refractivity contribution < 1.29 is 4.39 Å². The second kappa shape index (κ2) is 4.41. The van der Waals surface area contributed by atoms with E-state index < -0.39 is 0 Å². The maximum absolute atomic E-state index is 13.9. The van der Waals surface area contributed by atoms with Gasteiger partial charge in [-0.05, 0) is 37.3 Å². The molecular weight excluding hydrogens is 213 g/mol. The van der Waals surface area contributed by atoms with Crippen molar-refractivity contribution in [1.29, 1.82) is 0 Å². The van der Waals surface area contributed by atoms with Crippen LogP contribution < -0.4 is 5.32 Å². The molecule has 2 atom stereocenters. The Hall–Kier alpha value is -0.890. The van der Waals surface area contributed by atoms with E-state index in [1.807, 2.05) is 19.1 Å². The van der Waals surface area contributed by atoms with Crippen molar-refractivity contribution in [2.45, 2.75) is 40.2 Å². The molecule has 94 valence electrons. The SMILES string of the molecule is CCNC(c1cc(C)ccc1F)C1CC1(C)C. The second-order valence-electron chi connectivity index (χ2n) is 5.86. The summed E-state index contributed by atoms with van der Waals surface area (Å²) in [6.07, 6.45) is 1.18. The van der Waals surface area contributed by atoms with Gasteiger partial charge >= 0.3 is 0 Å². The molecule has 2 heteroatoms. The maximum atomic E-state index is 13.9. The van der Waals surface area contributed by atoms with Crippen LogP contribution in [0.25, 0.3) is 0 Å². The number of aryl methyl sites for hydroxylation is 1. The molecule has 1 aromatic rings. The molecule has 0 aromatic heterocycles. The summed E-state index contributed by atoms with van der Waals surface area (Å²) in [6, 6.07) is 5.57. The van der Waals surface area contributed by atoms with Crippen LogP contribution in [0.1, 0.15) is 44.4 Å². The molecule has 0 saturated heterocycles. The molecular formula is C15H22FN. The van der Waals surface area contributed by atoms with Gasteiger partial charge in [0.15, 0.2) is 0 Å². The highest BCUT2D eigenvalue weighted by Gasteiger charge is 2.50. The van der Waals surface area contributed by atoms with Crippen LogP contribution in [0.2, 0.25) is 0 Å². The fraction of sp³-hybridized carbons (Fsp3) is 0.600. The van der Waals surface area contributed by atoms with Crippen molar-refractivity contribution in [3.63, 3.8) is 0 Å². The summed E-state index contributed by atoms with van der Waals surface area (Å²) in [7, 11) is 0. The smallest absolute Gasteiger partial charge is 0.128 e. The van der Waals surface area contributed by atoms with Gasteiger partial charge in [-0.15, -0.1) is 0 Å². The molecule has 1 N–H and O–H groups in total. The standard InChI is InChI=1S/C15H22FN/c1-5-17-14(12-9-15(12,3)4)11-8-10(2)6-7-13(11)16/h6-8,12,14,17H,5,9H2,1-4H3. The summed E-state index contributed by atoms with van der Waals surface area (Å²) in [5.41, 5.74) is 2.31. The summed E-state index contributed by atoms with van der Waals surface area (Å²) in [4.78, 5) is 0. The molecule has 17 heavy (non-hydrogen) atoms. The zero-order chi connectivity index (χ0) is 12.6. The normalized spacial score (nSPS) is 23.5. The molecule has 1 nitrogen and oxygen atoms in total. The average Bonchev–Trinajstić information content (AvgIpc) is 2.88. The fourth-order valence-corrected chi connectivity index (χ4v) is 2.67. The van der Waals surface area contributed by atoms with E-state index in [9.17, 15) is 4.39 Å². The van der Waals surface area contributed by atoms with Crippen LogP contribution in [0.3, 0.4) is 0 Å². The largest absolute Gasteiger partial charge is 0.310 e. The third-order valence-corrected chi connectivity index (χ3v) is 3.90. The van der Waals surface area contributed by atoms with Gasteiger partial charge in [-0.1, -0.05) is 38.5 Å². The van der Waals surface area contributed by atoms with Crippen LogP contribution in [0.4, 0.5) is 4.39 Å². The van der Waals surface area contributed by atoms with E-state index in [2.05, 4.69) is 26.1 Å². The first-order valence-electron chi connectivity index (χ1n) is 6.45. The van der Waals surface area contributed by atoms with E-state index in [0.717, 1.165) is 17.7 Å². The molecule has 0 heterocycles. The van der Waals surface area contributed by atoms with Crippen LogP contribution in [-0.2, 0) is 0 Å². The predicted molar refractivity (Wildman–Crippen MR) is 69.4 cm³/mol. The molecule has 1 aromatic carbocycles. The van der Waals surface area contributed by atoms with Crippen LogP contribution >= 0.6 is 0 Å². The molecule has 0 amide bonds. The highest BCUT2D eigenvalue weighted by Crippen LogP contribution is 2.57. The number of nitrogens with one attached hydrogen (secondary N) is 1. The van der Waals surface area contributed by atoms with E-state index in [0.29, 0.717) is 11.3 Å². The van der Waals surface area contributed by atoms with Gasteiger partial charge in [0.25, 0.3) is 0 Å². The Labute approximate surface area is 103 Å². The highest BCUT2D eigenvalue weighted by atomic mass is 19.1. The van der Waals surface area contributed by atoms with Crippen LogP contribution in [0.15, 0.2) is 18.2 Å². The molecule has 2 rings (SSSR count). The Balaban J connectivity index is 2.30. The van der Waals surface area contributed by atoms with E-state index in [1.165, 1.54) is 6.42 Å². The Morgan fingerprint density at radius 2 is 2.12 bits per heavy atom. The summed E-state index contributed by atoms with van der Waals surface area (Å²) >= 11 is 0. The van der Waals surface area contributed by atoms with Crippen LogP contribution in [-0.4, -0.2) is 6.54 Å². The molecule has 1 fully saturated rings. The molecule has 0 radical (unpaired) electrons. The topological polar surface area (TPSA) is 12.0 Å². The third-order valence-electron chi connectivity index (χ3n) is 3.90. The fourth-order valence-electron chi connectivity index (χ4n) is 2.67. The van der Waals surface area contributed by atoms with Gasteiger partial charge in [0.1, 0.15) is 5.82 Å². The van der Waals surface area contributed by atoms with Gasteiger partial charge in [0, 0.05) is 11.6 Å². The van der Waals surface area contributed by atoms with Crippen LogP contribution in [0, 0.1) is 24.1 Å². The lowest BCUT2D eigenvalue weighted by Gasteiger charge is -2.21. The van der Waals surface area contributed by atoms with Crippen molar-refractivity contribution in [2.75, 3.05) is 6.54 Å². The van der Waals surface area contributed by atoms with Crippen molar-refractivity contribution >= 4 is 0 Å². The summed E-state index contributed by atoms with van der Waals surface area (Å²) in [6.45, 7) is 9.50. The number of rotatable bonds is 4. The van der Waals surface area contributed by atoms with Crippen molar-refractivity contribution in [2.24, 2.45) is 11.3 Å². The molecule has 0 bridgehead atoms. The number of halogens is 1. The van der Waals surface area contributed by atoms with Gasteiger partial charge in [-0.2, -0.15) is 0 Å². The minimum Gasteiger partial charge on any atom is -0.310 e. The molecule has 1 aliphatic rings. The highest BCUT2D eigenvalue weighted by molar-refractivity contribution is 5.29. The summed E-state index contributed by atoms with van der Waals surface area (Å²) in [5, 5.41) is 3.44. The first-order chi connectivity index (χ1) is 7.95. The van der Waals surface area contributed by atoms with E-state index in [4.69, 9.17) is 0 Å². The number of hydrogen-bond donors (Lipinski definition) is 1. The molecule has 2 unspecified atom stereocenters. The van der Waals surface area contributed by atoms with Crippen LogP contribution in [0.5, 0.6) is 0 Å². The van der Waals surface area contributed by atoms with Gasteiger partial charge in [0.2, 0.25) is 0 Å². The van der Waals surface area contributed by atoms with Gasteiger partial charge < -0.3 is 5.32 Å². The lowest BCUT2D eigenvalue weighted by atomic mass is 9.95. The Morgan fingerprint density at radius 3 is 2.65 bits per heavy atom. The monoisotopic (exact) mass is 235 g/mol. The molecule has 1 aliphatic carbocycles. The lowest BCUT2D eigenvalue weighted by Crippen LogP contribution is -2.25. The average molecular weight is 235 g/mol. The van der Waals surface area contributed by atoms with Gasteiger partial charge in [-0.25, -0.2) is 4.39 Å². The minimum absolute atomic E-state index is 0.0794. The van der Waals surface area contributed by atoms with Crippen molar-refractivity contribution in [1.82, 2.24) is 5.32 Å². The van der Waals surface area contributed by atoms with Crippen molar-refractivity contribution in [3.05, 3.63) is 35.1 Å². The number of benzene rings is 1.